The quantitative estimate of drug-likeness (QED) is 0.858. The van der Waals surface area contributed by atoms with Gasteiger partial charge in [-0.2, -0.15) is 18.4 Å². The van der Waals surface area contributed by atoms with Crippen LogP contribution in [0.15, 0.2) is 18.2 Å². The summed E-state index contributed by atoms with van der Waals surface area (Å²) in [6.07, 6.45) is -4.58. The largest absolute Gasteiger partial charge is 0.416 e. The molecule has 98 valence electrons. The van der Waals surface area contributed by atoms with Crippen LogP contribution >= 0.6 is 15.9 Å². The summed E-state index contributed by atoms with van der Waals surface area (Å²) >= 11 is 2.71. The van der Waals surface area contributed by atoms with Crippen molar-refractivity contribution < 1.29 is 21.6 Å². The van der Waals surface area contributed by atoms with Gasteiger partial charge in [0.15, 0.2) is 0 Å². The fourth-order valence-electron chi connectivity index (χ4n) is 1.10. The third kappa shape index (κ3) is 3.61. The van der Waals surface area contributed by atoms with E-state index in [1.54, 1.807) is 0 Å². The maximum atomic E-state index is 12.4. The second-order valence-electron chi connectivity index (χ2n) is 3.20. The van der Waals surface area contributed by atoms with Gasteiger partial charge in [-0.25, -0.2) is 8.42 Å². The van der Waals surface area contributed by atoms with Crippen molar-refractivity contribution >= 4 is 31.6 Å². The minimum absolute atomic E-state index is 0.190. The summed E-state index contributed by atoms with van der Waals surface area (Å²) in [7, 11) is -3.72. The smallest absolute Gasteiger partial charge is 0.282 e. The van der Waals surface area contributed by atoms with Crippen molar-refractivity contribution in [2.75, 3.05) is 9.38 Å². The number of hydrogen-bond acceptors (Lipinski definition) is 3. The van der Waals surface area contributed by atoms with E-state index in [0.717, 1.165) is 6.07 Å². The minimum atomic E-state index is -4.58. The van der Waals surface area contributed by atoms with Crippen LogP contribution in [0.4, 0.5) is 18.9 Å². The van der Waals surface area contributed by atoms with Gasteiger partial charge in [-0.1, -0.05) is 15.9 Å². The van der Waals surface area contributed by atoms with Crippen molar-refractivity contribution in [3.05, 3.63) is 29.3 Å². The molecule has 9 heteroatoms. The molecular weight excluding hydrogens is 337 g/mol. The molecule has 0 radical (unpaired) electrons. The first-order valence-electron chi connectivity index (χ1n) is 4.37. The van der Waals surface area contributed by atoms with Crippen molar-refractivity contribution in [3.8, 4) is 6.07 Å². The average molecular weight is 343 g/mol. The van der Waals surface area contributed by atoms with E-state index < -0.39 is 32.0 Å². The second-order valence-corrected chi connectivity index (χ2v) is 6.22. The molecule has 0 spiro atoms. The van der Waals surface area contributed by atoms with Gasteiger partial charge in [0, 0.05) is 0 Å². The van der Waals surface area contributed by atoms with E-state index in [4.69, 9.17) is 5.26 Å². The molecule has 1 N–H and O–H groups in total. The standard InChI is InChI=1S/C9H6BrF3N2O2S/c10-5-18(16,17)15-8-2-1-7(9(11,12)13)3-6(8)4-14/h1-3,15H,5H2. The molecule has 18 heavy (non-hydrogen) atoms. The molecule has 0 heterocycles. The van der Waals surface area contributed by atoms with Crippen molar-refractivity contribution in [1.29, 1.82) is 5.26 Å². The molecule has 0 aliphatic carbocycles. The number of nitrogens with zero attached hydrogens (tertiary/aromatic N) is 1. The summed E-state index contributed by atoms with van der Waals surface area (Å²) in [6, 6.07) is 3.71. The Balaban J connectivity index is 3.22. The molecule has 0 aromatic heterocycles. The van der Waals surface area contributed by atoms with Crippen LogP contribution < -0.4 is 4.72 Å². The molecule has 0 saturated carbocycles. The summed E-state index contributed by atoms with van der Waals surface area (Å²) in [5.41, 5.74) is -1.60. The van der Waals surface area contributed by atoms with Crippen LogP contribution in [0.25, 0.3) is 0 Å². The summed E-state index contributed by atoms with van der Waals surface area (Å²) in [4.78, 5) is 0. The second kappa shape index (κ2) is 5.16. The predicted molar refractivity (Wildman–Crippen MR) is 62.5 cm³/mol. The fraction of sp³-hybridized carbons (Fsp3) is 0.222. The van der Waals surface area contributed by atoms with E-state index in [0.29, 0.717) is 12.1 Å². The van der Waals surface area contributed by atoms with Crippen LogP contribution in [0.2, 0.25) is 0 Å². The number of nitriles is 1. The first kappa shape index (κ1) is 14.8. The Morgan fingerprint density at radius 1 is 1.39 bits per heavy atom. The molecule has 4 nitrogen and oxygen atoms in total. The summed E-state index contributed by atoms with van der Waals surface area (Å²) < 4.78 is 61.2. The first-order chi connectivity index (χ1) is 8.19. The van der Waals surface area contributed by atoms with Crippen molar-refractivity contribution in [2.24, 2.45) is 0 Å². The van der Waals surface area contributed by atoms with Crippen LogP contribution in [-0.4, -0.2) is 13.1 Å². The zero-order chi connectivity index (χ0) is 14.0. The number of sulfonamides is 1. The Kier molecular flexibility index (Phi) is 4.24. The highest BCUT2D eigenvalue weighted by Gasteiger charge is 2.31. The Bertz CT molecular complexity index is 593. The van der Waals surface area contributed by atoms with E-state index in [9.17, 15) is 21.6 Å². The van der Waals surface area contributed by atoms with Gasteiger partial charge in [0.05, 0.1) is 16.8 Å². The molecule has 0 saturated heterocycles. The number of nitrogens with one attached hydrogen (secondary N) is 1. The Labute approximate surface area is 110 Å². The lowest BCUT2D eigenvalue weighted by Gasteiger charge is -2.10. The zero-order valence-electron chi connectivity index (χ0n) is 8.62. The van der Waals surface area contributed by atoms with Gasteiger partial charge < -0.3 is 0 Å². The minimum Gasteiger partial charge on any atom is -0.282 e. The number of benzene rings is 1. The van der Waals surface area contributed by atoms with Crippen molar-refractivity contribution in [1.82, 2.24) is 0 Å². The molecule has 0 aliphatic heterocycles. The molecule has 1 aromatic carbocycles. The van der Waals surface area contributed by atoms with E-state index in [-0.39, 0.29) is 5.69 Å². The molecule has 0 aliphatic rings. The number of halogens is 4. The molecule has 0 fully saturated rings. The lowest BCUT2D eigenvalue weighted by atomic mass is 10.1. The lowest BCUT2D eigenvalue weighted by Crippen LogP contribution is -2.15. The Hall–Kier alpha value is -1.27. The highest BCUT2D eigenvalue weighted by molar-refractivity contribution is 9.10. The number of rotatable bonds is 3. The van der Waals surface area contributed by atoms with Gasteiger partial charge in [-0.3, -0.25) is 4.72 Å². The van der Waals surface area contributed by atoms with Gasteiger partial charge in [0.25, 0.3) is 0 Å². The van der Waals surface area contributed by atoms with Crippen molar-refractivity contribution in [3.63, 3.8) is 0 Å². The van der Waals surface area contributed by atoms with Crippen molar-refractivity contribution in [2.45, 2.75) is 6.18 Å². The predicted octanol–water partition coefficient (Wildman–Crippen LogP) is 2.67. The normalized spacial score (nSPS) is 11.9. The van der Waals surface area contributed by atoms with E-state index in [1.165, 1.54) is 6.07 Å². The van der Waals surface area contributed by atoms with Gasteiger partial charge in [-0.05, 0) is 18.2 Å². The summed E-state index contributed by atoms with van der Waals surface area (Å²) in [5.74, 6) is 0. The van der Waals surface area contributed by atoms with E-state index >= 15 is 0 Å². The maximum Gasteiger partial charge on any atom is 0.416 e. The molecular formula is C9H6BrF3N2O2S. The molecule has 0 atom stereocenters. The highest BCUT2D eigenvalue weighted by atomic mass is 79.9. The molecule has 0 unspecified atom stereocenters. The topological polar surface area (TPSA) is 70.0 Å². The summed E-state index contributed by atoms with van der Waals surface area (Å²) in [5, 5.41) is 8.71. The average Bonchev–Trinajstić information content (AvgIpc) is 2.27. The first-order valence-corrected chi connectivity index (χ1v) is 7.15. The molecule has 1 aromatic rings. The maximum absolute atomic E-state index is 12.4. The monoisotopic (exact) mass is 342 g/mol. The van der Waals surface area contributed by atoms with E-state index in [2.05, 4.69) is 15.9 Å². The third-order valence-electron chi connectivity index (χ3n) is 1.88. The highest BCUT2D eigenvalue weighted by Crippen LogP contribution is 2.31. The Morgan fingerprint density at radius 2 is 2.00 bits per heavy atom. The number of hydrogen-bond donors (Lipinski definition) is 1. The van der Waals surface area contributed by atoms with Crippen LogP contribution in [0.5, 0.6) is 0 Å². The van der Waals surface area contributed by atoms with Crippen LogP contribution in [-0.2, 0) is 16.2 Å². The Morgan fingerprint density at radius 3 is 2.44 bits per heavy atom. The fourth-order valence-corrected chi connectivity index (χ4v) is 2.01. The lowest BCUT2D eigenvalue weighted by molar-refractivity contribution is -0.137. The summed E-state index contributed by atoms with van der Waals surface area (Å²) in [6.45, 7) is 0. The molecule has 1 rings (SSSR count). The van der Waals surface area contributed by atoms with Gasteiger partial charge in [0.2, 0.25) is 10.0 Å². The van der Waals surface area contributed by atoms with Crippen LogP contribution in [0.3, 0.4) is 0 Å². The van der Waals surface area contributed by atoms with E-state index in [1.807, 2.05) is 4.72 Å². The van der Waals surface area contributed by atoms with Crippen LogP contribution in [0, 0.1) is 11.3 Å². The number of alkyl halides is 4. The van der Waals surface area contributed by atoms with Crippen LogP contribution in [0.1, 0.15) is 11.1 Å². The van der Waals surface area contributed by atoms with Gasteiger partial charge in [-0.15, -0.1) is 0 Å². The molecule has 0 amide bonds. The molecule has 0 bridgehead atoms. The number of anilines is 1. The third-order valence-corrected chi connectivity index (χ3v) is 4.50. The zero-order valence-corrected chi connectivity index (χ0v) is 11.0. The SMILES string of the molecule is N#Cc1cc(C(F)(F)F)ccc1NS(=O)(=O)CBr. The van der Waals surface area contributed by atoms with Gasteiger partial charge in [0.1, 0.15) is 10.7 Å². The van der Waals surface area contributed by atoms with Gasteiger partial charge >= 0.3 is 6.18 Å².